The molecule has 0 radical (unpaired) electrons. The van der Waals surface area contributed by atoms with Gasteiger partial charge in [0.05, 0.1) is 13.2 Å². The topological polar surface area (TPSA) is 103 Å². The molecular weight excluding hydrogens is 486 g/mol. The number of amides is 1. The van der Waals surface area contributed by atoms with E-state index in [1.54, 1.807) is 13.2 Å². The van der Waals surface area contributed by atoms with Gasteiger partial charge in [0.15, 0.2) is 11.5 Å². The Labute approximate surface area is 222 Å². The maximum Gasteiger partial charge on any atom is 0.303 e. The van der Waals surface area contributed by atoms with Gasteiger partial charge in [-0.05, 0) is 65.8 Å². The van der Waals surface area contributed by atoms with Gasteiger partial charge in [-0.2, -0.15) is 0 Å². The van der Waals surface area contributed by atoms with Gasteiger partial charge in [0.25, 0.3) is 5.91 Å². The number of carboxylic acids is 1. The van der Waals surface area contributed by atoms with Crippen LogP contribution in [-0.2, 0) is 17.8 Å². The zero-order valence-corrected chi connectivity index (χ0v) is 21.9. The number of methoxy groups -OCH3 is 1. The molecule has 1 atom stereocenters. The molecule has 0 fully saturated rings. The van der Waals surface area contributed by atoms with Crippen LogP contribution >= 0.6 is 0 Å². The molecule has 200 valence electrons. The molecule has 0 bridgehead atoms. The number of hydrogen-bond acceptors (Lipinski definition) is 6. The number of benzene rings is 3. The lowest BCUT2D eigenvalue weighted by atomic mass is 9.94. The van der Waals surface area contributed by atoms with E-state index in [1.807, 2.05) is 54.6 Å². The largest absolute Gasteiger partial charge is 0.493 e. The molecule has 4 rings (SSSR count). The van der Waals surface area contributed by atoms with E-state index in [4.69, 9.17) is 18.9 Å². The molecule has 8 nitrogen and oxygen atoms in total. The van der Waals surface area contributed by atoms with Gasteiger partial charge < -0.3 is 29.4 Å². The van der Waals surface area contributed by atoms with E-state index in [-0.39, 0.29) is 44.1 Å². The molecule has 0 spiro atoms. The summed E-state index contributed by atoms with van der Waals surface area (Å²) in [4.78, 5) is 25.0. The van der Waals surface area contributed by atoms with Gasteiger partial charge in [0.1, 0.15) is 12.4 Å². The van der Waals surface area contributed by atoms with E-state index in [1.165, 1.54) is 0 Å². The number of para-hydroxylation sites is 1. The summed E-state index contributed by atoms with van der Waals surface area (Å²) in [6, 6.07) is 18.3. The zero-order valence-electron chi connectivity index (χ0n) is 21.9. The van der Waals surface area contributed by atoms with Crippen molar-refractivity contribution >= 4 is 11.9 Å². The van der Waals surface area contributed by atoms with Crippen molar-refractivity contribution in [1.29, 1.82) is 0 Å². The lowest BCUT2D eigenvalue weighted by molar-refractivity contribution is -0.136. The highest BCUT2D eigenvalue weighted by Crippen LogP contribution is 2.43. The third kappa shape index (κ3) is 6.76. The first-order valence-electron chi connectivity index (χ1n) is 12.6. The average molecular weight is 520 g/mol. The van der Waals surface area contributed by atoms with Crippen LogP contribution < -0.4 is 24.3 Å². The summed E-state index contributed by atoms with van der Waals surface area (Å²) in [6.07, 6.45) is 0.843. The Morgan fingerprint density at radius 2 is 1.84 bits per heavy atom. The van der Waals surface area contributed by atoms with Crippen molar-refractivity contribution in [2.45, 2.75) is 45.8 Å². The van der Waals surface area contributed by atoms with Gasteiger partial charge in [-0.25, -0.2) is 0 Å². The number of ether oxygens (including phenoxy) is 4. The minimum absolute atomic E-state index is 0.0745. The molecule has 3 aromatic carbocycles. The standard InChI is InChI=1S/C30H33NO7/c1-19(2)13-25(22-15-26(35-3)29-27(16-22)37-18-38-29)31-30(34)24-14-20(9-10-21(24)11-12-28(32)33)17-36-23-7-5-4-6-8-23/h4-10,14-16,19,25H,11-13,17-18H2,1-3H3,(H,31,34)(H,32,33). The Kier molecular flexibility index (Phi) is 8.73. The second kappa shape index (κ2) is 12.4. The molecule has 8 heteroatoms. The van der Waals surface area contributed by atoms with Crippen LogP contribution in [0.1, 0.15) is 59.8 Å². The molecule has 1 unspecified atom stereocenters. The molecule has 1 aliphatic rings. The van der Waals surface area contributed by atoms with E-state index < -0.39 is 5.97 Å². The number of carboxylic acid groups (broad SMARTS) is 1. The van der Waals surface area contributed by atoms with Crippen LogP contribution in [0.4, 0.5) is 0 Å². The Morgan fingerprint density at radius 3 is 2.55 bits per heavy atom. The quantitative estimate of drug-likeness (QED) is 0.324. The number of aryl methyl sites for hydroxylation is 1. The Bertz CT molecular complexity index is 1270. The minimum atomic E-state index is -0.919. The van der Waals surface area contributed by atoms with Crippen molar-refractivity contribution in [2.24, 2.45) is 5.92 Å². The number of carbonyl (C=O) groups is 2. The number of fused-ring (bicyclic) bond motifs is 1. The average Bonchev–Trinajstić information content (AvgIpc) is 3.39. The van der Waals surface area contributed by atoms with Crippen LogP contribution in [0.3, 0.4) is 0 Å². The lowest BCUT2D eigenvalue weighted by Crippen LogP contribution is -2.30. The van der Waals surface area contributed by atoms with Crippen LogP contribution in [0, 0.1) is 5.92 Å². The number of carbonyl (C=O) groups excluding carboxylic acids is 1. The van der Waals surface area contributed by atoms with Gasteiger partial charge in [-0.1, -0.05) is 44.2 Å². The highest BCUT2D eigenvalue weighted by molar-refractivity contribution is 5.96. The van der Waals surface area contributed by atoms with E-state index >= 15 is 0 Å². The van der Waals surface area contributed by atoms with Crippen molar-refractivity contribution in [3.63, 3.8) is 0 Å². The first-order chi connectivity index (χ1) is 18.3. The summed E-state index contributed by atoms with van der Waals surface area (Å²) in [5, 5.41) is 12.4. The molecule has 0 aliphatic carbocycles. The fourth-order valence-electron chi connectivity index (χ4n) is 4.40. The van der Waals surface area contributed by atoms with Crippen LogP contribution in [0.15, 0.2) is 60.7 Å². The van der Waals surface area contributed by atoms with Gasteiger partial charge in [-0.15, -0.1) is 0 Å². The van der Waals surface area contributed by atoms with Crippen LogP contribution in [0.2, 0.25) is 0 Å². The normalized spacial score (nSPS) is 12.7. The number of hydrogen-bond donors (Lipinski definition) is 2. The van der Waals surface area contributed by atoms with Crippen molar-refractivity contribution in [3.05, 3.63) is 82.9 Å². The fraction of sp³-hybridized carbons (Fsp3) is 0.333. The number of rotatable bonds is 12. The second-order valence-corrected chi connectivity index (χ2v) is 9.60. The van der Waals surface area contributed by atoms with Gasteiger partial charge in [-0.3, -0.25) is 9.59 Å². The summed E-state index contributed by atoms with van der Waals surface area (Å²) in [5.41, 5.74) is 2.74. The molecular formula is C30H33NO7. The summed E-state index contributed by atoms with van der Waals surface area (Å²) in [6.45, 7) is 4.56. The SMILES string of the molecule is COc1cc(C(CC(C)C)NC(=O)c2cc(COc3ccccc3)ccc2CCC(=O)O)cc2c1OCO2. The predicted octanol–water partition coefficient (Wildman–Crippen LogP) is 5.54. The van der Waals surface area contributed by atoms with Gasteiger partial charge in [0.2, 0.25) is 12.5 Å². The van der Waals surface area contributed by atoms with E-state index in [0.29, 0.717) is 34.8 Å². The predicted molar refractivity (Wildman–Crippen MR) is 142 cm³/mol. The number of aliphatic carboxylic acids is 1. The summed E-state index contributed by atoms with van der Waals surface area (Å²) in [7, 11) is 1.56. The van der Waals surface area contributed by atoms with Crippen LogP contribution in [0.25, 0.3) is 0 Å². The van der Waals surface area contributed by atoms with Crippen molar-refractivity contribution in [3.8, 4) is 23.0 Å². The number of nitrogens with one attached hydrogen (secondary N) is 1. The highest BCUT2D eigenvalue weighted by atomic mass is 16.7. The molecule has 0 saturated carbocycles. The van der Waals surface area contributed by atoms with Crippen LogP contribution in [-0.4, -0.2) is 30.9 Å². The Hall–Kier alpha value is -4.20. The molecule has 1 aliphatic heterocycles. The molecule has 1 amide bonds. The molecule has 3 aromatic rings. The maximum absolute atomic E-state index is 13.7. The molecule has 38 heavy (non-hydrogen) atoms. The van der Waals surface area contributed by atoms with Gasteiger partial charge in [0, 0.05) is 12.0 Å². The second-order valence-electron chi connectivity index (χ2n) is 9.60. The highest BCUT2D eigenvalue weighted by Gasteiger charge is 2.26. The van der Waals surface area contributed by atoms with E-state index in [2.05, 4.69) is 19.2 Å². The first-order valence-corrected chi connectivity index (χ1v) is 12.6. The molecule has 0 saturated heterocycles. The van der Waals surface area contributed by atoms with Crippen molar-refractivity contribution in [1.82, 2.24) is 5.32 Å². The maximum atomic E-state index is 13.7. The van der Waals surface area contributed by atoms with Crippen LogP contribution in [0.5, 0.6) is 23.0 Å². The summed E-state index contributed by atoms with van der Waals surface area (Å²) >= 11 is 0. The first kappa shape index (κ1) is 26.9. The fourth-order valence-corrected chi connectivity index (χ4v) is 4.40. The molecule has 2 N–H and O–H groups in total. The smallest absolute Gasteiger partial charge is 0.303 e. The molecule has 1 heterocycles. The van der Waals surface area contributed by atoms with Crippen molar-refractivity contribution < 1.29 is 33.6 Å². The van der Waals surface area contributed by atoms with E-state index in [9.17, 15) is 14.7 Å². The third-order valence-electron chi connectivity index (χ3n) is 6.27. The Balaban J connectivity index is 1.61. The lowest BCUT2D eigenvalue weighted by Gasteiger charge is -2.23. The van der Waals surface area contributed by atoms with Crippen molar-refractivity contribution in [2.75, 3.05) is 13.9 Å². The van der Waals surface area contributed by atoms with Gasteiger partial charge >= 0.3 is 5.97 Å². The monoisotopic (exact) mass is 519 g/mol. The van der Waals surface area contributed by atoms with E-state index in [0.717, 1.165) is 16.9 Å². The zero-order chi connectivity index (χ0) is 27.1. The third-order valence-corrected chi connectivity index (χ3v) is 6.27. The Morgan fingerprint density at radius 1 is 1.05 bits per heavy atom. The minimum Gasteiger partial charge on any atom is -0.493 e. The summed E-state index contributed by atoms with van der Waals surface area (Å²) < 4.78 is 22.5. The molecule has 0 aromatic heterocycles. The summed E-state index contributed by atoms with van der Waals surface area (Å²) in [5.74, 6) is 1.47.